The SMILES string of the molecule is CC1(C)O[C@@H]2C[C@H]3[C@@H]4C[C@H](F)C5=CC(=O)C=C[C@]5(C)[C@@]4(F)[C@@H](O)C[C@]3(C)[C@]2(CSC2COC(=O)C2)O1. The average molecular weight is 525 g/mol. The van der Waals surface area contributed by atoms with Crippen molar-refractivity contribution >= 4 is 23.5 Å². The molecule has 3 saturated carbocycles. The van der Waals surface area contributed by atoms with Gasteiger partial charge < -0.3 is 19.3 Å². The van der Waals surface area contributed by atoms with E-state index in [9.17, 15) is 14.7 Å². The Kier molecular flexibility index (Phi) is 5.31. The number of fused-ring (bicyclic) bond motifs is 7. The zero-order valence-electron chi connectivity index (χ0n) is 21.1. The van der Waals surface area contributed by atoms with Crippen LogP contribution in [-0.4, -0.2) is 69.9 Å². The van der Waals surface area contributed by atoms with Gasteiger partial charge in [-0.1, -0.05) is 13.0 Å². The van der Waals surface area contributed by atoms with Crippen molar-refractivity contribution in [2.75, 3.05) is 12.4 Å². The van der Waals surface area contributed by atoms with E-state index in [1.807, 2.05) is 20.8 Å². The summed E-state index contributed by atoms with van der Waals surface area (Å²) in [5.74, 6) is -2.00. The number of carbonyl (C=O) groups excluding carboxylic acids is 2. The summed E-state index contributed by atoms with van der Waals surface area (Å²) in [6.45, 7) is 7.70. The number of hydrogen-bond acceptors (Lipinski definition) is 7. The Morgan fingerprint density at radius 3 is 2.61 bits per heavy atom. The Morgan fingerprint density at radius 1 is 1.17 bits per heavy atom. The highest BCUT2D eigenvalue weighted by Crippen LogP contribution is 2.72. The lowest BCUT2D eigenvalue weighted by Gasteiger charge is -2.63. The van der Waals surface area contributed by atoms with Crippen molar-refractivity contribution in [1.82, 2.24) is 0 Å². The third-order valence-electron chi connectivity index (χ3n) is 10.2. The summed E-state index contributed by atoms with van der Waals surface area (Å²) in [5.41, 5.74) is -4.93. The fourth-order valence-electron chi connectivity index (χ4n) is 8.52. The number of carbonyl (C=O) groups is 2. The van der Waals surface area contributed by atoms with Gasteiger partial charge in [0.15, 0.2) is 17.2 Å². The molecule has 9 heteroatoms. The van der Waals surface area contributed by atoms with Gasteiger partial charge in [-0.25, -0.2) is 8.78 Å². The summed E-state index contributed by atoms with van der Waals surface area (Å²) >= 11 is 1.60. The van der Waals surface area contributed by atoms with Crippen LogP contribution in [0.4, 0.5) is 8.78 Å². The predicted octanol–water partition coefficient (Wildman–Crippen LogP) is 3.85. The Hall–Kier alpha value is -1.29. The van der Waals surface area contributed by atoms with E-state index in [4.69, 9.17) is 14.2 Å². The van der Waals surface area contributed by atoms with Gasteiger partial charge >= 0.3 is 5.97 Å². The van der Waals surface area contributed by atoms with Crippen LogP contribution in [0.3, 0.4) is 0 Å². The number of ketones is 1. The molecule has 1 N–H and O–H groups in total. The Bertz CT molecular complexity index is 1080. The number of rotatable bonds is 3. The van der Waals surface area contributed by atoms with E-state index in [1.54, 1.807) is 18.7 Å². The number of aliphatic hydroxyl groups excluding tert-OH is 1. The molecular weight excluding hydrogens is 490 g/mol. The van der Waals surface area contributed by atoms with Crippen molar-refractivity contribution in [2.45, 2.75) is 94.1 Å². The third kappa shape index (κ3) is 3.06. The molecule has 0 aromatic carbocycles. The van der Waals surface area contributed by atoms with E-state index < -0.39 is 46.1 Å². The highest BCUT2D eigenvalue weighted by Gasteiger charge is 2.78. The topological polar surface area (TPSA) is 82.1 Å². The van der Waals surface area contributed by atoms with Crippen molar-refractivity contribution in [1.29, 1.82) is 0 Å². The number of alkyl halides is 2. The number of aliphatic hydroxyl groups is 1. The lowest BCUT2D eigenvalue weighted by Crippen LogP contribution is -2.70. The van der Waals surface area contributed by atoms with Crippen LogP contribution in [0, 0.1) is 22.7 Å². The summed E-state index contributed by atoms with van der Waals surface area (Å²) in [5, 5.41) is 11.6. The molecule has 4 aliphatic carbocycles. The molecule has 1 unspecified atom stereocenters. The monoisotopic (exact) mass is 524 g/mol. The van der Waals surface area contributed by atoms with E-state index in [2.05, 4.69) is 0 Å². The minimum absolute atomic E-state index is 0.00214. The fourth-order valence-corrected chi connectivity index (χ4v) is 10.00. The van der Waals surface area contributed by atoms with Gasteiger partial charge in [-0.05, 0) is 63.7 Å². The number of halogens is 2. The fraction of sp³-hybridized carbons (Fsp3) is 0.778. The van der Waals surface area contributed by atoms with Crippen LogP contribution in [0.5, 0.6) is 0 Å². The van der Waals surface area contributed by atoms with Crippen molar-refractivity contribution < 1.29 is 37.7 Å². The Labute approximate surface area is 214 Å². The first-order chi connectivity index (χ1) is 16.8. The molecule has 0 spiro atoms. The van der Waals surface area contributed by atoms with Crippen LogP contribution < -0.4 is 0 Å². The van der Waals surface area contributed by atoms with Crippen molar-refractivity contribution in [3.8, 4) is 0 Å². The van der Waals surface area contributed by atoms with Gasteiger partial charge in [0.25, 0.3) is 0 Å². The maximum atomic E-state index is 17.4. The average Bonchev–Trinajstić information content (AvgIpc) is 3.39. The second kappa shape index (κ2) is 7.64. The van der Waals surface area contributed by atoms with Crippen LogP contribution in [0.25, 0.3) is 0 Å². The molecule has 2 saturated heterocycles. The quantitative estimate of drug-likeness (QED) is 0.562. The van der Waals surface area contributed by atoms with Crippen LogP contribution in [0.1, 0.15) is 53.4 Å². The molecule has 5 fully saturated rings. The van der Waals surface area contributed by atoms with Crippen LogP contribution in [0.2, 0.25) is 0 Å². The molecule has 0 radical (unpaired) electrons. The molecule has 2 heterocycles. The summed E-state index contributed by atoms with van der Waals surface area (Å²) in [7, 11) is 0. The second-order valence-corrected chi connectivity index (χ2v) is 13.7. The number of allylic oxidation sites excluding steroid dienone is 4. The third-order valence-corrected chi connectivity index (χ3v) is 11.6. The van der Waals surface area contributed by atoms with Gasteiger partial charge in [0.05, 0.1) is 18.6 Å². The highest BCUT2D eigenvalue weighted by molar-refractivity contribution is 8.00. The van der Waals surface area contributed by atoms with Crippen LogP contribution in [-0.2, 0) is 23.8 Å². The molecule has 0 aromatic heterocycles. The first kappa shape index (κ1) is 25.0. The molecule has 6 nitrogen and oxygen atoms in total. The number of ether oxygens (including phenoxy) is 3. The Balaban J connectivity index is 1.40. The zero-order valence-corrected chi connectivity index (χ0v) is 21.9. The molecule has 6 rings (SSSR count). The van der Waals surface area contributed by atoms with E-state index in [0.29, 0.717) is 25.2 Å². The maximum absolute atomic E-state index is 17.4. The number of cyclic esters (lactones) is 1. The van der Waals surface area contributed by atoms with Gasteiger partial charge in [-0.15, -0.1) is 0 Å². The van der Waals surface area contributed by atoms with E-state index in [-0.39, 0.29) is 47.4 Å². The minimum Gasteiger partial charge on any atom is -0.464 e. The number of thioether (sulfide) groups is 1. The van der Waals surface area contributed by atoms with Gasteiger partial charge in [0.2, 0.25) is 0 Å². The Morgan fingerprint density at radius 2 is 1.92 bits per heavy atom. The normalized spacial score (nSPS) is 52.8. The zero-order chi connectivity index (χ0) is 25.9. The van der Waals surface area contributed by atoms with Crippen molar-refractivity contribution in [2.24, 2.45) is 22.7 Å². The van der Waals surface area contributed by atoms with Crippen molar-refractivity contribution in [3.05, 3.63) is 23.8 Å². The molecule has 2 aliphatic heterocycles. The molecule has 0 bridgehead atoms. The van der Waals surface area contributed by atoms with Gasteiger partial charge in [-0.2, -0.15) is 11.8 Å². The van der Waals surface area contributed by atoms with E-state index in [0.717, 1.165) is 0 Å². The van der Waals surface area contributed by atoms with Gasteiger partial charge in [0.1, 0.15) is 18.4 Å². The summed E-state index contributed by atoms with van der Waals surface area (Å²) < 4.78 is 51.3. The smallest absolute Gasteiger partial charge is 0.307 e. The largest absolute Gasteiger partial charge is 0.464 e. The van der Waals surface area contributed by atoms with E-state index in [1.165, 1.54) is 18.2 Å². The molecule has 6 aliphatic rings. The molecular formula is C27H34F2O6S. The summed E-state index contributed by atoms with van der Waals surface area (Å²) in [6.07, 6.45) is 1.61. The summed E-state index contributed by atoms with van der Waals surface area (Å²) in [6, 6.07) is 0. The van der Waals surface area contributed by atoms with Crippen LogP contribution >= 0.6 is 11.8 Å². The predicted molar refractivity (Wildman–Crippen MR) is 129 cm³/mol. The maximum Gasteiger partial charge on any atom is 0.307 e. The molecule has 198 valence electrons. The number of esters is 1. The minimum atomic E-state index is -2.13. The lowest BCUT2D eigenvalue weighted by atomic mass is 9.44. The van der Waals surface area contributed by atoms with Crippen LogP contribution in [0.15, 0.2) is 23.8 Å². The van der Waals surface area contributed by atoms with Crippen molar-refractivity contribution in [3.63, 3.8) is 0 Å². The molecule has 0 amide bonds. The number of hydrogen-bond donors (Lipinski definition) is 1. The van der Waals surface area contributed by atoms with Gasteiger partial charge in [-0.3, -0.25) is 9.59 Å². The highest BCUT2D eigenvalue weighted by atomic mass is 32.2. The standard InChI is InChI=1S/C27H34F2O6S/c1-23(2)34-21-10-16-17-9-19(28)18-7-14(30)5-6-24(18,3)27(17,29)20(31)11-25(16,4)26(21,35-23)13-36-15-8-22(32)33-12-15/h5-7,15-17,19-21,31H,8-13H2,1-4H3/t15?,16-,17-,19-,20-,21+,24-,25-,26+,27-/m0/s1. The second-order valence-electron chi connectivity index (χ2n) is 12.4. The molecule has 36 heavy (non-hydrogen) atoms. The molecule has 10 atom stereocenters. The van der Waals surface area contributed by atoms with E-state index >= 15 is 8.78 Å². The molecule has 0 aromatic rings. The first-order valence-corrected chi connectivity index (χ1v) is 13.9. The summed E-state index contributed by atoms with van der Waals surface area (Å²) in [4.78, 5) is 23.7. The first-order valence-electron chi connectivity index (χ1n) is 12.9. The van der Waals surface area contributed by atoms with Gasteiger partial charge in [0, 0.05) is 27.8 Å². The lowest BCUT2D eigenvalue weighted by molar-refractivity contribution is -0.247.